The lowest BCUT2D eigenvalue weighted by Gasteiger charge is -2.26. The minimum atomic E-state index is -0.277. The van der Waals surface area contributed by atoms with E-state index in [1.807, 2.05) is 6.92 Å². The Morgan fingerprint density at radius 1 is 1.35 bits per heavy atom. The number of likely N-dealkylation sites (tertiary alicyclic amines) is 1. The Labute approximate surface area is 157 Å². The van der Waals surface area contributed by atoms with Crippen molar-refractivity contribution in [3.05, 3.63) is 16.8 Å². The van der Waals surface area contributed by atoms with Gasteiger partial charge in [0.1, 0.15) is 17.0 Å². The molecular formula is C18H27N5O2S. The first-order chi connectivity index (χ1) is 12.6. The molecule has 8 heteroatoms. The molecule has 1 unspecified atom stereocenters. The molecule has 1 fully saturated rings. The van der Waals surface area contributed by atoms with Crippen LogP contribution in [0.4, 0.5) is 5.82 Å². The van der Waals surface area contributed by atoms with Crippen molar-refractivity contribution in [1.29, 1.82) is 0 Å². The minimum Gasteiger partial charge on any atom is -0.394 e. The molecule has 1 aliphatic rings. The van der Waals surface area contributed by atoms with Crippen molar-refractivity contribution in [2.24, 2.45) is 0 Å². The number of amides is 1. The van der Waals surface area contributed by atoms with Gasteiger partial charge in [-0.25, -0.2) is 9.97 Å². The van der Waals surface area contributed by atoms with Crippen LogP contribution in [0.25, 0.3) is 10.2 Å². The van der Waals surface area contributed by atoms with E-state index < -0.39 is 0 Å². The maximum atomic E-state index is 12.4. The fraction of sp³-hybridized carbons (Fsp3) is 0.611. The number of nitrogens with one attached hydrogen (secondary N) is 2. The van der Waals surface area contributed by atoms with E-state index in [-0.39, 0.29) is 18.6 Å². The Morgan fingerprint density at radius 3 is 2.85 bits per heavy atom. The van der Waals surface area contributed by atoms with Gasteiger partial charge in [0.05, 0.1) is 16.9 Å². The van der Waals surface area contributed by atoms with Gasteiger partial charge in [0, 0.05) is 19.1 Å². The lowest BCUT2D eigenvalue weighted by molar-refractivity contribution is 0.0926. The minimum absolute atomic E-state index is 0.0845. The highest BCUT2D eigenvalue weighted by Crippen LogP contribution is 2.33. The van der Waals surface area contributed by atoms with Crippen LogP contribution in [0.1, 0.15) is 41.4 Å². The molecule has 0 spiro atoms. The molecule has 3 heterocycles. The maximum absolute atomic E-state index is 12.4. The number of nitrogens with zero attached hydrogens (tertiary/aromatic N) is 3. The van der Waals surface area contributed by atoms with E-state index in [1.54, 1.807) is 13.3 Å². The van der Waals surface area contributed by atoms with Crippen molar-refractivity contribution in [1.82, 2.24) is 20.2 Å². The van der Waals surface area contributed by atoms with Gasteiger partial charge in [-0.05, 0) is 45.3 Å². The molecule has 2 aromatic rings. The number of hydrogen-bond donors (Lipinski definition) is 3. The smallest absolute Gasteiger partial charge is 0.262 e. The van der Waals surface area contributed by atoms with Gasteiger partial charge in [-0.1, -0.05) is 6.42 Å². The van der Waals surface area contributed by atoms with Crippen molar-refractivity contribution in [2.75, 3.05) is 38.1 Å². The Balaban J connectivity index is 1.73. The van der Waals surface area contributed by atoms with E-state index in [1.165, 1.54) is 43.7 Å². The predicted molar refractivity (Wildman–Crippen MR) is 105 cm³/mol. The Morgan fingerprint density at radius 2 is 2.12 bits per heavy atom. The van der Waals surface area contributed by atoms with Gasteiger partial charge in [-0.15, -0.1) is 11.3 Å². The molecule has 1 atom stereocenters. The molecule has 1 saturated heterocycles. The summed E-state index contributed by atoms with van der Waals surface area (Å²) in [6.07, 6.45) is 5.45. The topological polar surface area (TPSA) is 90.4 Å². The summed E-state index contributed by atoms with van der Waals surface area (Å²) < 4.78 is 0. The van der Waals surface area contributed by atoms with Crippen molar-refractivity contribution >= 4 is 33.3 Å². The number of rotatable bonds is 7. The van der Waals surface area contributed by atoms with Gasteiger partial charge in [0.25, 0.3) is 5.91 Å². The number of aliphatic hydroxyl groups is 1. The van der Waals surface area contributed by atoms with Crippen LogP contribution in [-0.4, -0.2) is 64.7 Å². The van der Waals surface area contributed by atoms with Crippen molar-refractivity contribution in [3.63, 3.8) is 0 Å². The average Bonchev–Trinajstić information content (AvgIpc) is 3.00. The fourth-order valence-electron chi connectivity index (χ4n) is 3.27. The second kappa shape index (κ2) is 8.75. The molecule has 0 bridgehead atoms. The first-order valence-corrected chi connectivity index (χ1v) is 10.0. The molecule has 2 aromatic heterocycles. The highest BCUT2D eigenvalue weighted by atomic mass is 32.1. The van der Waals surface area contributed by atoms with Crippen LogP contribution < -0.4 is 10.6 Å². The number of hydrogen-bond acceptors (Lipinski definition) is 7. The largest absolute Gasteiger partial charge is 0.394 e. The van der Waals surface area contributed by atoms with Crippen LogP contribution in [0.2, 0.25) is 0 Å². The molecule has 3 rings (SSSR count). The number of anilines is 1. The Hall–Kier alpha value is -1.77. The zero-order chi connectivity index (χ0) is 18.5. The summed E-state index contributed by atoms with van der Waals surface area (Å²) in [5.74, 6) is 0.612. The zero-order valence-electron chi connectivity index (χ0n) is 15.4. The van der Waals surface area contributed by atoms with Crippen molar-refractivity contribution < 1.29 is 9.90 Å². The Bertz CT molecular complexity index is 757. The van der Waals surface area contributed by atoms with Crippen LogP contribution in [-0.2, 0) is 0 Å². The van der Waals surface area contributed by atoms with Gasteiger partial charge < -0.3 is 20.6 Å². The first-order valence-electron chi connectivity index (χ1n) is 9.22. The number of thiophene rings is 1. The van der Waals surface area contributed by atoms with E-state index in [9.17, 15) is 4.79 Å². The molecule has 0 saturated carbocycles. The highest BCUT2D eigenvalue weighted by Gasteiger charge is 2.20. The van der Waals surface area contributed by atoms with Crippen LogP contribution in [0.3, 0.4) is 0 Å². The second-order valence-corrected chi connectivity index (χ2v) is 7.84. The normalized spacial score (nSPS) is 16.6. The summed E-state index contributed by atoms with van der Waals surface area (Å²) in [5, 5.41) is 16.3. The third-order valence-electron chi connectivity index (χ3n) is 4.75. The predicted octanol–water partition coefficient (Wildman–Crippen LogP) is 2.01. The molecule has 0 aliphatic carbocycles. The summed E-state index contributed by atoms with van der Waals surface area (Å²) in [5.41, 5.74) is 0.883. The van der Waals surface area contributed by atoms with Gasteiger partial charge in [-0.2, -0.15) is 0 Å². The highest BCUT2D eigenvalue weighted by molar-refractivity contribution is 7.20. The number of piperidine rings is 1. The van der Waals surface area contributed by atoms with E-state index in [2.05, 4.69) is 25.5 Å². The van der Waals surface area contributed by atoms with Crippen molar-refractivity contribution in [2.45, 2.75) is 39.2 Å². The third kappa shape index (κ3) is 4.31. The number of aryl methyl sites for hydroxylation is 1. The average molecular weight is 378 g/mol. The van der Waals surface area contributed by atoms with Gasteiger partial charge in [0.15, 0.2) is 0 Å². The molecule has 1 amide bonds. The molecule has 3 N–H and O–H groups in total. The quantitative estimate of drug-likeness (QED) is 0.684. The van der Waals surface area contributed by atoms with Gasteiger partial charge in [0.2, 0.25) is 0 Å². The lowest BCUT2D eigenvalue weighted by atomic mass is 10.1. The molecule has 1 aliphatic heterocycles. The number of carbonyl (C=O) groups excluding carboxylic acids is 1. The first kappa shape index (κ1) is 19.0. The number of fused-ring (bicyclic) bond motifs is 1. The molecule has 142 valence electrons. The lowest BCUT2D eigenvalue weighted by Crippen LogP contribution is -2.34. The fourth-order valence-corrected chi connectivity index (χ4v) is 4.32. The number of aromatic nitrogens is 2. The molecule has 7 nitrogen and oxygen atoms in total. The standard InChI is InChI=1S/C18H27N5O2S/c1-12(10-24)22-17(25)15-13(2)14-16(20-11-21-18(14)26-15)19-6-9-23-7-4-3-5-8-23/h11-12,24H,3-10H2,1-2H3,(H,22,25)(H,19,20,21). The van der Waals surface area contributed by atoms with E-state index in [0.717, 1.165) is 34.7 Å². The van der Waals surface area contributed by atoms with Gasteiger partial charge >= 0.3 is 0 Å². The third-order valence-corrected chi connectivity index (χ3v) is 5.95. The second-order valence-electron chi connectivity index (χ2n) is 6.84. The summed E-state index contributed by atoms with van der Waals surface area (Å²) in [6, 6.07) is -0.277. The number of carbonyl (C=O) groups is 1. The molecule has 0 aromatic carbocycles. The van der Waals surface area contributed by atoms with Crippen LogP contribution >= 0.6 is 11.3 Å². The summed E-state index contributed by atoms with van der Waals surface area (Å²) in [7, 11) is 0. The van der Waals surface area contributed by atoms with E-state index in [4.69, 9.17) is 5.11 Å². The number of aliphatic hydroxyl groups excluding tert-OH is 1. The maximum Gasteiger partial charge on any atom is 0.262 e. The molecule has 26 heavy (non-hydrogen) atoms. The summed E-state index contributed by atoms with van der Waals surface area (Å²) in [6.45, 7) is 7.78. The van der Waals surface area contributed by atoms with Crippen LogP contribution in [0.5, 0.6) is 0 Å². The Kier molecular flexibility index (Phi) is 6.39. The SMILES string of the molecule is Cc1c(C(=O)NC(C)CO)sc2ncnc(NCCN3CCCCC3)c12. The van der Waals surface area contributed by atoms with Crippen LogP contribution in [0, 0.1) is 6.92 Å². The zero-order valence-corrected chi connectivity index (χ0v) is 16.2. The molecule has 0 radical (unpaired) electrons. The summed E-state index contributed by atoms with van der Waals surface area (Å²) in [4.78, 5) is 25.1. The molecular weight excluding hydrogens is 350 g/mol. The summed E-state index contributed by atoms with van der Waals surface area (Å²) >= 11 is 1.36. The monoisotopic (exact) mass is 377 g/mol. The van der Waals surface area contributed by atoms with Gasteiger partial charge in [-0.3, -0.25) is 4.79 Å². The van der Waals surface area contributed by atoms with E-state index >= 15 is 0 Å². The van der Waals surface area contributed by atoms with Crippen molar-refractivity contribution in [3.8, 4) is 0 Å². The van der Waals surface area contributed by atoms with E-state index in [0.29, 0.717) is 4.88 Å². The van der Waals surface area contributed by atoms with Crippen LogP contribution in [0.15, 0.2) is 6.33 Å².